The van der Waals surface area contributed by atoms with Gasteiger partial charge in [0.1, 0.15) is 11.9 Å². The van der Waals surface area contributed by atoms with Crippen molar-refractivity contribution in [2.24, 2.45) is 5.73 Å². The van der Waals surface area contributed by atoms with Crippen LogP contribution in [0.25, 0.3) is 0 Å². The molecule has 3 N–H and O–H groups in total. The lowest BCUT2D eigenvalue weighted by atomic mass is 10.1. The Morgan fingerprint density at radius 2 is 2.18 bits per heavy atom. The minimum Gasteiger partial charge on any atom is -0.480 e. The summed E-state index contributed by atoms with van der Waals surface area (Å²) >= 11 is 0. The number of carboxylic acid groups (broad SMARTS) is 1. The molecule has 1 saturated carbocycles. The van der Waals surface area contributed by atoms with Crippen molar-refractivity contribution in [1.29, 1.82) is 0 Å². The summed E-state index contributed by atoms with van der Waals surface area (Å²) in [5.41, 5.74) is 6.68. The van der Waals surface area contributed by atoms with Crippen LogP contribution in [0.4, 0.5) is 4.39 Å². The summed E-state index contributed by atoms with van der Waals surface area (Å²) in [6.07, 6.45) is 4.12. The molecule has 120 valence electrons. The Labute approximate surface area is 130 Å². The highest BCUT2D eigenvalue weighted by Crippen LogP contribution is 2.44. The lowest BCUT2D eigenvalue weighted by Crippen LogP contribution is -2.33. The van der Waals surface area contributed by atoms with Gasteiger partial charge in [-0.25, -0.2) is 4.39 Å². The molecule has 5 heteroatoms. The van der Waals surface area contributed by atoms with E-state index in [4.69, 9.17) is 10.8 Å². The molecule has 0 aromatic heterocycles. The lowest BCUT2D eigenvalue weighted by Gasteiger charge is -2.21. The fraction of sp³-hybridized carbons (Fsp3) is 0.471. The van der Waals surface area contributed by atoms with Gasteiger partial charge in [0.25, 0.3) is 0 Å². The molecule has 22 heavy (non-hydrogen) atoms. The number of halogens is 1. The Hall–Kier alpha value is -1.72. The van der Waals surface area contributed by atoms with Crippen LogP contribution < -0.4 is 5.73 Å². The van der Waals surface area contributed by atoms with E-state index in [9.17, 15) is 9.18 Å². The Balaban J connectivity index is 1.86. The summed E-state index contributed by atoms with van der Waals surface area (Å²) in [6, 6.07) is 6.30. The first kappa shape index (κ1) is 16.6. The topological polar surface area (TPSA) is 66.6 Å². The van der Waals surface area contributed by atoms with Gasteiger partial charge in [-0.3, -0.25) is 9.69 Å². The molecule has 0 radical (unpaired) electrons. The van der Waals surface area contributed by atoms with Crippen LogP contribution >= 0.6 is 0 Å². The molecule has 0 heterocycles. The van der Waals surface area contributed by atoms with Crippen LogP contribution in [0.1, 0.15) is 30.7 Å². The molecule has 0 aliphatic heterocycles. The number of rotatable bonds is 9. The normalized spacial score (nSPS) is 21.6. The van der Waals surface area contributed by atoms with Crippen LogP contribution in [0.5, 0.6) is 0 Å². The molecular weight excluding hydrogens is 283 g/mol. The van der Waals surface area contributed by atoms with Gasteiger partial charge < -0.3 is 10.8 Å². The Bertz CT molecular complexity index is 518. The van der Waals surface area contributed by atoms with E-state index < -0.39 is 12.0 Å². The number of hydrogen-bond donors (Lipinski definition) is 2. The molecular formula is C17H23FN2O2. The third-order valence-electron chi connectivity index (χ3n) is 4.17. The average Bonchev–Trinajstić information content (AvgIpc) is 3.27. The van der Waals surface area contributed by atoms with E-state index in [1.807, 2.05) is 18.2 Å². The second-order valence-corrected chi connectivity index (χ2v) is 5.83. The number of carbonyl (C=O) groups is 1. The molecule has 4 nitrogen and oxygen atoms in total. The van der Waals surface area contributed by atoms with Crippen LogP contribution in [0.2, 0.25) is 0 Å². The number of benzene rings is 1. The summed E-state index contributed by atoms with van der Waals surface area (Å²) < 4.78 is 13.0. The van der Waals surface area contributed by atoms with E-state index in [-0.39, 0.29) is 5.82 Å². The highest BCUT2D eigenvalue weighted by molar-refractivity contribution is 5.72. The first-order valence-corrected chi connectivity index (χ1v) is 7.61. The third-order valence-corrected chi connectivity index (χ3v) is 4.17. The minimum atomic E-state index is -0.953. The molecule has 1 aromatic rings. The predicted octanol–water partition coefficient (Wildman–Crippen LogP) is 2.36. The van der Waals surface area contributed by atoms with E-state index in [1.165, 1.54) is 12.1 Å². The van der Waals surface area contributed by atoms with Crippen LogP contribution in [-0.2, 0) is 4.79 Å². The number of nitrogens with two attached hydrogens (primary N) is 1. The quantitative estimate of drug-likeness (QED) is 0.687. The highest BCUT2D eigenvalue weighted by Gasteiger charge is 2.41. The van der Waals surface area contributed by atoms with Crippen molar-refractivity contribution >= 4 is 5.97 Å². The smallest absolute Gasteiger partial charge is 0.320 e. The van der Waals surface area contributed by atoms with Gasteiger partial charge in [0.2, 0.25) is 0 Å². The summed E-state index contributed by atoms with van der Waals surface area (Å²) in [6.45, 7) is 5.35. The van der Waals surface area contributed by atoms with Crippen LogP contribution in [0, 0.1) is 5.82 Å². The van der Waals surface area contributed by atoms with Gasteiger partial charge in [0.15, 0.2) is 0 Å². The zero-order valence-corrected chi connectivity index (χ0v) is 12.6. The first-order valence-electron chi connectivity index (χ1n) is 7.61. The van der Waals surface area contributed by atoms with E-state index in [1.54, 1.807) is 0 Å². The zero-order chi connectivity index (χ0) is 16.1. The molecule has 1 aliphatic rings. The van der Waals surface area contributed by atoms with Gasteiger partial charge in [0.05, 0.1) is 0 Å². The Morgan fingerprint density at radius 3 is 2.77 bits per heavy atom. The Kier molecular flexibility index (Phi) is 5.69. The van der Waals surface area contributed by atoms with Gasteiger partial charge >= 0.3 is 5.97 Å². The third kappa shape index (κ3) is 4.39. The fourth-order valence-corrected chi connectivity index (χ4v) is 2.85. The van der Waals surface area contributed by atoms with Crippen LogP contribution in [0.15, 0.2) is 36.9 Å². The van der Waals surface area contributed by atoms with Gasteiger partial charge in [-0.1, -0.05) is 18.2 Å². The number of carboxylic acids is 1. The maximum atomic E-state index is 13.0. The molecule has 1 aromatic carbocycles. The fourth-order valence-electron chi connectivity index (χ4n) is 2.85. The summed E-state index contributed by atoms with van der Waals surface area (Å²) in [4.78, 5) is 13.0. The van der Waals surface area contributed by atoms with Crippen molar-refractivity contribution in [2.75, 3.05) is 13.1 Å². The van der Waals surface area contributed by atoms with Crippen molar-refractivity contribution in [3.05, 3.63) is 48.3 Å². The zero-order valence-electron chi connectivity index (χ0n) is 12.6. The Morgan fingerprint density at radius 1 is 1.50 bits per heavy atom. The predicted molar refractivity (Wildman–Crippen MR) is 84.2 cm³/mol. The molecule has 1 fully saturated rings. The van der Waals surface area contributed by atoms with Gasteiger partial charge in [0, 0.05) is 18.5 Å². The number of hydrogen-bond acceptors (Lipinski definition) is 3. The summed E-state index contributed by atoms with van der Waals surface area (Å²) in [5.74, 6) is -0.744. The SMILES string of the molecule is C=CCN(CCC[C@H](N)C(=O)O)C1C[C@H]1c1ccc(F)cc1. The standard InChI is InChI=1S/C17H23FN2O2/c1-2-9-20(10-3-4-15(19)17(21)22)16-11-14(16)12-5-7-13(18)8-6-12/h2,5-8,14-16H,1,3-4,9-11,19H2,(H,21,22)/t14-,15-,16?/m0/s1. The molecule has 1 aliphatic carbocycles. The molecule has 1 unspecified atom stereocenters. The summed E-state index contributed by atoms with van der Waals surface area (Å²) in [5, 5.41) is 8.80. The molecule has 0 bridgehead atoms. The maximum Gasteiger partial charge on any atom is 0.320 e. The van der Waals surface area contributed by atoms with Crippen LogP contribution in [-0.4, -0.2) is 41.1 Å². The van der Waals surface area contributed by atoms with E-state index in [2.05, 4.69) is 11.5 Å². The number of nitrogens with zero attached hydrogens (tertiary/aromatic N) is 1. The molecule has 0 amide bonds. The van der Waals surface area contributed by atoms with Crippen molar-refractivity contribution in [3.8, 4) is 0 Å². The molecule has 0 saturated heterocycles. The van der Waals surface area contributed by atoms with E-state index in [0.717, 1.165) is 31.5 Å². The van der Waals surface area contributed by atoms with Crippen LogP contribution in [0.3, 0.4) is 0 Å². The minimum absolute atomic E-state index is 0.216. The van der Waals surface area contributed by atoms with Crippen molar-refractivity contribution < 1.29 is 14.3 Å². The summed E-state index contributed by atoms with van der Waals surface area (Å²) in [7, 11) is 0. The molecule has 2 rings (SSSR count). The van der Waals surface area contributed by atoms with Crippen molar-refractivity contribution in [1.82, 2.24) is 4.90 Å². The van der Waals surface area contributed by atoms with Crippen molar-refractivity contribution in [3.63, 3.8) is 0 Å². The lowest BCUT2D eigenvalue weighted by molar-refractivity contribution is -0.138. The average molecular weight is 306 g/mol. The first-order chi connectivity index (χ1) is 10.5. The molecule has 3 atom stereocenters. The van der Waals surface area contributed by atoms with E-state index in [0.29, 0.717) is 18.4 Å². The van der Waals surface area contributed by atoms with Crippen molar-refractivity contribution in [2.45, 2.75) is 37.3 Å². The monoisotopic (exact) mass is 306 g/mol. The largest absolute Gasteiger partial charge is 0.480 e. The van der Waals surface area contributed by atoms with E-state index >= 15 is 0 Å². The molecule has 0 spiro atoms. The van der Waals surface area contributed by atoms with Gasteiger partial charge in [-0.05, 0) is 43.5 Å². The second kappa shape index (κ2) is 7.51. The highest BCUT2D eigenvalue weighted by atomic mass is 19.1. The maximum absolute atomic E-state index is 13.0. The number of aliphatic carboxylic acids is 1. The second-order valence-electron chi connectivity index (χ2n) is 5.83. The van der Waals surface area contributed by atoms with Gasteiger partial charge in [-0.15, -0.1) is 6.58 Å². The van der Waals surface area contributed by atoms with Gasteiger partial charge in [-0.2, -0.15) is 0 Å².